The lowest BCUT2D eigenvalue weighted by molar-refractivity contribution is 0.285. The summed E-state index contributed by atoms with van der Waals surface area (Å²) >= 11 is 1.36. The Hall–Kier alpha value is -1.08. The number of nitrogens with zero attached hydrogens (tertiary/aromatic N) is 1. The number of rotatable bonds is 0. The van der Waals surface area contributed by atoms with Crippen LogP contribution in [0.4, 0.5) is 9.39 Å². The van der Waals surface area contributed by atoms with Crippen molar-refractivity contribution in [1.29, 1.82) is 5.26 Å². The highest BCUT2D eigenvalue weighted by molar-refractivity contribution is 7.16. The molecule has 2 atom stereocenters. The Morgan fingerprint density at radius 2 is 2.36 bits per heavy atom. The molecule has 0 aromatic carbocycles. The van der Waals surface area contributed by atoms with E-state index >= 15 is 0 Å². The summed E-state index contributed by atoms with van der Waals surface area (Å²) in [6.45, 7) is 1.96. The third kappa shape index (κ3) is 1.28. The first-order valence-electron chi connectivity index (χ1n) is 4.58. The number of hydrogen-bond acceptors (Lipinski definition) is 3. The van der Waals surface area contributed by atoms with Crippen LogP contribution in [0.25, 0.3) is 0 Å². The van der Waals surface area contributed by atoms with Gasteiger partial charge in [-0.1, -0.05) is 6.92 Å². The molecule has 0 radical (unpaired) electrons. The summed E-state index contributed by atoms with van der Waals surface area (Å²) in [5.41, 5.74) is 7.28. The van der Waals surface area contributed by atoms with E-state index < -0.39 is 6.17 Å². The first-order valence-corrected chi connectivity index (χ1v) is 5.40. The molecular formula is C10H11FN2S. The number of thiophene rings is 1. The fourth-order valence-electron chi connectivity index (χ4n) is 2.09. The molecule has 0 spiro atoms. The second-order valence-electron chi connectivity index (χ2n) is 3.73. The largest absolute Gasteiger partial charge is 0.389 e. The molecule has 74 valence electrons. The molecule has 14 heavy (non-hydrogen) atoms. The van der Waals surface area contributed by atoms with Crippen LogP contribution in [-0.2, 0) is 6.42 Å². The second-order valence-corrected chi connectivity index (χ2v) is 4.86. The number of nitrogen functional groups attached to an aromatic ring is 1. The highest BCUT2D eigenvalue weighted by atomic mass is 32.1. The van der Waals surface area contributed by atoms with E-state index in [1.165, 1.54) is 11.3 Å². The molecule has 1 aromatic rings. The van der Waals surface area contributed by atoms with Crippen LogP contribution < -0.4 is 5.73 Å². The van der Waals surface area contributed by atoms with Crippen molar-refractivity contribution in [3.05, 3.63) is 16.0 Å². The SMILES string of the molecule is CC1CC(F)Cc2sc(N)c(C#N)c21. The van der Waals surface area contributed by atoms with Gasteiger partial charge in [0.25, 0.3) is 0 Å². The molecule has 1 aromatic heterocycles. The summed E-state index contributed by atoms with van der Waals surface area (Å²) in [4.78, 5) is 0.963. The van der Waals surface area contributed by atoms with Gasteiger partial charge in [-0.05, 0) is 17.9 Å². The molecule has 1 aliphatic rings. The van der Waals surface area contributed by atoms with Gasteiger partial charge in [-0.2, -0.15) is 5.26 Å². The van der Waals surface area contributed by atoms with Gasteiger partial charge < -0.3 is 5.73 Å². The number of anilines is 1. The number of hydrogen-bond donors (Lipinski definition) is 1. The quantitative estimate of drug-likeness (QED) is 0.715. The molecule has 0 fully saturated rings. The van der Waals surface area contributed by atoms with Gasteiger partial charge >= 0.3 is 0 Å². The molecule has 1 heterocycles. The number of halogens is 1. The Balaban J connectivity index is 2.55. The second kappa shape index (κ2) is 3.25. The van der Waals surface area contributed by atoms with E-state index in [2.05, 4.69) is 6.07 Å². The minimum Gasteiger partial charge on any atom is -0.389 e. The van der Waals surface area contributed by atoms with Crippen molar-refractivity contribution in [1.82, 2.24) is 0 Å². The van der Waals surface area contributed by atoms with Gasteiger partial charge in [0.05, 0.1) is 5.56 Å². The van der Waals surface area contributed by atoms with Gasteiger partial charge in [-0.3, -0.25) is 0 Å². The minimum absolute atomic E-state index is 0.122. The normalized spacial score (nSPS) is 25.5. The molecule has 2 unspecified atom stereocenters. The van der Waals surface area contributed by atoms with Gasteiger partial charge in [-0.15, -0.1) is 11.3 Å². The zero-order valence-corrected chi connectivity index (χ0v) is 8.70. The van der Waals surface area contributed by atoms with Crippen LogP contribution in [-0.4, -0.2) is 6.17 Å². The monoisotopic (exact) mass is 210 g/mol. The number of nitriles is 1. The lowest BCUT2D eigenvalue weighted by atomic mass is 9.86. The fraction of sp³-hybridized carbons (Fsp3) is 0.500. The van der Waals surface area contributed by atoms with E-state index in [0.29, 0.717) is 23.4 Å². The molecular weight excluding hydrogens is 199 g/mol. The van der Waals surface area contributed by atoms with E-state index in [4.69, 9.17) is 11.0 Å². The molecule has 2 rings (SSSR count). The highest BCUT2D eigenvalue weighted by Gasteiger charge is 2.29. The van der Waals surface area contributed by atoms with E-state index in [1.54, 1.807) is 0 Å². The molecule has 2 nitrogen and oxygen atoms in total. The first kappa shape index (κ1) is 9.47. The van der Waals surface area contributed by atoms with Crippen molar-refractivity contribution >= 4 is 16.3 Å². The summed E-state index contributed by atoms with van der Waals surface area (Å²) < 4.78 is 13.2. The summed E-state index contributed by atoms with van der Waals surface area (Å²) in [6, 6.07) is 2.11. The van der Waals surface area contributed by atoms with E-state index in [-0.39, 0.29) is 5.92 Å². The van der Waals surface area contributed by atoms with Crippen molar-refractivity contribution in [2.75, 3.05) is 5.73 Å². The number of alkyl halides is 1. The maximum atomic E-state index is 13.2. The molecule has 4 heteroatoms. The molecule has 0 aliphatic heterocycles. The summed E-state index contributed by atoms with van der Waals surface area (Å²) in [6.07, 6.45) is 0.163. The van der Waals surface area contributed by atoms with Crippen molar-refractivity contribution in [3.63, 3.8) is 0 Å². The lowest BCUT2D eigenvalue weighted by Crippen LogP contribution is -2.16. The van der Waals surface area contributed by atoms with Crippen molar-refractivity contribution in [2.45, 2.75) is 31.9 Å². The molecule has 1 aliphatic carbocycles. The third-order valence-electron chi connectivity index (χ3n) is 2.67. The molecule has 0 amide bonds. The van der Waals surface area contributed by atoms with Crippen LogP contribution in [0.1, 0.15) is 35.3 Å². The summed E-state index contributed by atoms with van der Waals surface area (Å²) in [7, 11) is 0. The molecule has 2 N–H and O–H groups in total. The highest BCUT2D eigenvalue weighted by Crippen LogP contribution is 2.42. The van der Waals surface area contributed by atoms with Crippen LogP contribution in [0, 0.1) is 11.3 Å². The molecule has 0 saturated carbocycles. The topological polar surface area (TPSA) is 49.8 Å². The zero-order valence-electron chi connectivity index (χ0n) is 7.88. The van der Waals surface area contributed by atoms with Crippen LogP contribution in [0.15, 0.2) is 0 Å². The van der Waals surface area contributed by atoms with E-state index in [9.17, 15) is 4.39 Å². The Morgan fingerprint density at radius 1 is 1.64 bits per heavy atom. The Labute approximate surface area is 86.2 Å². The van der Waals surface area contributed by atoms with Gasteiger partial charge in [0.15, 0.2) is 0 Å². The molecule has 0 bridgehead atoms. The van der Waals surface area contributed by atoms with Crippen molar-refractivity contribution < 1.29 is 4.39 Å². The van der Waals surface area contributed by atoms with E-state index in [0.717, 1.165) is 10.4 Å². The number of nitrogens with two attached hydrogens (primary N) is 1. The third-order valence-corrected chi connectivity index (χ3v) is 3.73. The predicted octanol–water partition coefficient (Wildman–Crippen LogP) is 2.59. The summed E-state index contributed by atoms with van der Waals surface area (Å²) in [5, 5.41) is 9.47. The Morgan fingerprint density at radius 3 is 3.00 bits per heavy atom. The predicted molar refractivity (Wildman–Crippen MR) is 55.1 cm³/mol. The van der Waals surface area contributed by atoms with Gasteiger partial charge in [0, 0.05) is 11.3 Å². The standard InChI is InChI=1S/C10H11FN2S/c1-5-2-6(11)3-8-9(5)7(4-12)10(13)14-8/h5-6H,2-3,13H2,1H3. The molecule has 0 saturated heterocycles. The maximum absolute atomic E-state index is 13.2. The van der Waals surface area contributed by atoms with Crippen molar-refractivity contribution in [2.24, 2.45) is 0 Å². The Bertz CT molecular complexity index is 405. The van der Waals surface area contributed by atoms with E-state index in [1.807, 2.05) is 6.92 Å². The fourth-order valence-corrected chi connectivity index (χ4v) is 3.29. The van der Waals surface area contributed by atoms with Crippen LogP contribution >= 0.6 is 11.3 Å². The van der Waals surface area contributed by atoms with Gasteiger partial charge in [0.2, 0.25) is 0 Å². The maximum Gasteiger partial charge on any atom is 0.106 e. The summed E-state index contributed by atoms with van der Waals surface area (Å²) in [5.74, 6) is 0.122. The average Bonchev–Trinajstić information content (AvgIpc) is 2.40. The van der Waals surface area contributed by atoms with Gasteiger partial charge in [0.1, 0.15) is 17.2 Å². The first-order chi connectivity index (χ1) is 6.63. The van der Waals surface area contributed by atoms with Crippen LogP contribution in [0.5, 0.6) is 0 Å². The minimum atomic E-state index is -0.776. The lowest BCUT2D eigenvalue weighted by Gasteiger charge is -2.21. The van der Waals surface area contributed by atoms with Crippen LogP contribution in [0.2, 0.25) is 0 Å². The number of fused-ring (bicyclic) bond motifs is 1. The average molecular weight is 210 g/mol. The van der Waals surface area contributed by atoms with Crippen LogP contribution in [0.3, 0.4) is 0 Å². The zero-order chi connectivity index (χ0) is 10.3. The van der Waals surface area contributed by atoms with Gasteiger partial charge in [-0.25, -0.2) is 4.39 Å². The smallest absolute Gasteiger partial charge is 0.106 e. The Kier molecular flexibility index (Phi) is 2.20. The van der Waals surface area contributed by atoms with Crippen molar-refractivity contribution in [3.8, 4) is 6.07 Å².